The van der Waals surface area contributed by atoms with E-state index in [1.165, 1.54) is 23.4 Å². The molecule has 1 N–H and O–H groups in total. The molecule has 1 aromatic heterocycles. The fraction of sp³-hybridized carbons (Fsp3) is 0.167. The van der Waals surface area contributed by atoms with E-state index in [0.717, 1.165) is 11.0 Å². The molecule has 26 heavy (non-hydrogen) atoms. The number of aliphatic hydroxyl groups is 1. The summed E-state index contributed by atoms with van der Waals surface area (Å²) in [6.45, 7) is -0.390. The van der Waals surface area contributed by atoms with Crippen LogP contribution in [-0.4, -0.2) is 32.3 Å². The maximum Gasteiger partial charge on any atom is 0.248 e. The Kier molecular flexibility index (Phi) is 5.33. The molecule has 134 valence electrons. The smallest absolute Gasteiger partial charge is 0.248 e. The zero-order chi connectivity index (χ0) is 18.5. The van der Waals surface area contributed by atoms with Gasteiger partial charge in [-0.05, 0) is 17.7 Å². The Hall–Kier alpha value is -3.13. The first-order valence-electron chi connectivity index (χ1n) is 7.85. The summed E-state index contributed by atoms with van der Waals surface area (Å²) in [6, 6.07) is 11.6. The number of carbonyl (C=O) groups is 1. The van der Waals surface area contributed by atoms with Gasteiger partial charge in [-0.2, -0.15) is 5.10 Å². The van der Waals surface area contributed by atoms with Crippen molar-refractivity contribution in [1.29, 1.82) is 0 Å². The first kappa shape index (κ1) is 17.7. The predicted molar refractivity (Wildman–Crippen MR) is 90.1 cm³/mol. The SMILES string of the molecule is O=C(Cn1cncn1)N(CC(O)c1ccccc1)c1ccc(F)cc1F. The van der Waals surface area contributed by atoms with Crippen molar-refractivity contribution in [1.82, 2.24) is 14.8 Å². The van der Waals surface area contributed by atoms with E-state index in [-0.39, 0.29) is 18.8 Å². The summed E-state index contributed by atoms with van der Waals surface area (Å²) in [6.07, 6.45) is 1.58. The summed E-state index contributed by atoms with van der Waals surface area (Å²) in [5, 5.41) is 14.3. The average molecular weight is 358 g/mol. The second-order valence-electron chi connectivity index (χ2n) is 5.62. The Labute approximate surface area is 148 Å². The van der Waals surface area contributed by atoms with Crippen LogP contribution >= 0.6 is 0 Å². The van der Waals surface area contributed by atoms with Gasteiger partial charge in [0.1, 0.15) is 30.8 Å². The van der Waals surface area contributed by atoms with Crippen LogP contribution < -0.4 is 4.90 Å². The number of hydrogen-bond donors (Lipinski definition) is 1. The Balaban J connectivity index is 1.89. The lowest BCUT2D eigenvalue weighted by Gasteiger charge is -2.26. The van der Waals surface area contributed by atoms with Gasteiger partial charge in [0.2, 0.25) is 5.91 Å². The van der Waals surface area contributed by atoms with Crippen LogP contribution in [0, 0.1) is 11.6 Å². The van der Waals surface area contributed by atoms with Crippen LogP contribution in [-0.2, 0) is 11.3 Å². The second kappa shape index (κ2) is 7.83. The van der Waals surface area contributed by atoms with Crippen molar-refractivity contribution in [3.8, 4) is 0 Å². The van der Waals surface area contributed by atoms with Crippen LogP contribution in [0.25, 0.3) is 0 Å². The monoisotopic (exact) mass is 358 g/mol. The molecule has 0 fully saturated rings. The first-order chi connectivity index (χ1) is 12.5. The van der Waals surface area contributed by atoms with Gasteiger partial charge in [-0.15, -0.1) is 0 Å². The highest BCUT2D eigenvalue weighted by Crippen LogP contribution is 2.24. The van der Waals surface area contributed by atoms with E-state index in [9.17, 15) is 18.7 Å². The third-order valence-electron chi connectivity index (χ3n) is 3.81. The lowest BCUT2D eigenvalue weighted by molar-refractivity contribution is -0.119. The van der Waals surface area contributed by atoms with Crippen LogP contribution in [0.5, 0.6) is 0 Å². The van der Waals surface area contributed by atoms with E-state index in [1.807, 2.05) is 0 Å². The van der Waals surface area contributed by atoms with Crippen molar-refractivity contribution in [3.63, 3.8) is 0 Å². The summed E-state index contributed by atoms with van der Waals surface area (Å²) < 4.78 is 28.8. The molecule has 2 aromatic carbocycles. The number of benzene rings is 2. The third kappa shape index (κ3) is 4.09. The normalized spacial score (nSPS) is 12.0. The molecule has 0 aliphatic rings. The van der Waals surface area contributed by atoms with E-state index in [0.29, 0.717) is 11.6 Å². The number of carbonyl (C=O) groups excluding carboxylic acids is 1. The molecule has 0 bridgehead atoms. The number of amides is 1. The molecule has 8 heteroatoms. The number of aliphatic hydroxyl groups excluding tert-OH is 1. The number of halogens is 2. The zero-order valence-corrected chi connectivity index (χ0v) is 13.7. The third-order valence-corrected chi connectivity index (χ3v) is 3.81. The fourth-order valence-electron chi connectivity index (χ4n) is 2.53. The van der Waals surface area contributed by atoms with Crippen molar-refractivity contribution in [3.05, 3.63) is 78.4 Å². The molecule has 0 aliphatic heterocycles. The molecule has 0 spiro atoms. The van der Waals surface area contributed by atoms with Gasteiger partial charge in [-0.1, -0.05) is 30.3 Å². The van der Waals surface area contributed by atoms with Crippen LogP contribution in [0.4, 0.5) is 14.5 Å². The Morgan fingerprint density at radius 3 is 2.62 bits per heavy atom. The highest BCUT2D eigenvalue weighted by atomic mass is 19.1. The number of rotatable bonds is 6. The molecule has 1 unspecified atom stereocenters. The van der Waals surface area contributed by atoms with Crippen molar-refractivity contribution < 1.29 is 18.7 Å². The van der Waals surface area contributed by atoms with Gasteiger partial charge >= 0.3 is 0 Å². The van der Waals surface area contributed by atoms with Gasteiger partial charge in [0.25, 0.3) is 0 Å². The number of hydrogen-bond acceptors (Lipinski definition) is 4. The largest absolute Gasteiger partial charge is 0.387 e. The van der Waals surface area contributed by atoms with E-state index >= 15 is 0 Å². The minimum absolute atomic E-state index is 0.119. The van der Waals surface area contributed by atoms with Gasteiger partial charge < -0.3 is 10.0 Å². The molecule has 0 saturated carbocycles. The molecule has 0 saturated heterocycles. The summed E-state index contributed by atoms with van der Waals surface area (Å²) >= 11 is 0. The Bertz CT molecular complexity index is 872. The molecule has 3 rings (SSSR count). The highest BCUT2D eigenvalue weighted by Gasteiger charge is 2.23. The van der Waals surface area contributed by atoms with E-state index in [1.54, 1.807) is 30.3 Å². The van der Waals surface area contributed by atoms with Gasteiger partial charge in [0.15, 0.2) is 0 Å². The minimum Gasteiger partial charge on any atom is -0.387 e. The summed E-state index contributed by atoms with van der Waals surface area (Å²) in [4.78, 5) is 17.5. The van der Waals surface area contributed by atoms with Gasteiger partial charge in [0, 0.05) is 6.07 Å². The van der Waals surface area contributed by atoms with Crippen LogP contribution in [0.3, 0.4) is 0 Å². The molecule has 0 aliphatic carbocycles. The topological polar surface area (TPSA) is 71.2 Å². The minimum atomic E-state index is -1.04. The van der Waals surface area contributed by atoms with Gasteiger partial charge in [-0.3, -0.25) is 4.79 Å². The molecule has 0 radical (unpaired) electrons. The van der Waals surface area contributed by atoms with Crippen LogP contribution in [0.2, 0.25) is 0 Å². The standard InChI is InChI=1S/C18H16F2N4O2/c19-14-6-7-16(15(20)8-14)24(18(26)10-23-12-21-11-22-23)9-17(25)13-4-2-1-3-5-13/h1-8,11-12,17,25H,9-10H2. The molecular weight excluding hydrogens is 342 g/mol. The summed E-state index contributed by atoms with van der Waals surface area (Å²) in [7, 11) is 0. The van der Waals surface area contributed by atoms with Crippen molar-refractivity contribution in [2.75, 3.05) is 11.4 Å². The van der Waals surface area contributed by atoms with Crippen LogP contribution in [0.1, 0.15) is 11.7 Å². The highest BCUT2D eigenvalue weighted by molar-refractivity contribution is 5.93. The number of aromatic nitrogens is 3. The Morgan fingerprint density at radius 1 is 1.19 bits per heavy atom. The van der Waals surface area contributed by atoms with Gasteiger partial charge in [0.05, 0.1) is 18.3 Å². The fourth-order valence-corrected chi connectivity index (χ4v) is 2.53. The lowest BCUT2D eigenvalue weighted by Crippen LogP contribution is -2.38. The van der Waals surface area contributed by atoms with E-state index in [4.69, 9.17) is 0 Å². The van der Waals surface area contributed by atoms with E-state index in [2.05, 4.69) is 10.1 Å². The molecule has 3 aromatic rings. The molecule has 6 nitrogen and oxygen atoms in total. The second-order valence-corrected chi connectivity index (χ2v) is 5.62. The quantitative estimate of drug-likeness (QED) is 0.734. The molecular formula is C18H16F2N4O2. The molecule has 1 atom stereocenters. The van der Waals surface area contributed by atoms with Crippen molar-refractivity contribution in [2.24, 2.45) is 0 Å². The Morgan fingerprint density at radius 2 is 1.96 bits per heavy atom. The van der Waals surface area contributed by atoms with Gasteiger partial charge in [-0.25, -0.2) is 18.4 Å². The molecule has 1 amide bonds. The zero-order valence-electron chi connectivity index (χ0n) is 13.7. The summed E-state index contributed by atoms with van der Waals surface area (Å²) in [5.74, 6) is -2.16. The number of nitrogens with zero attached hydrogens (tertiary/aromatic N) is 4. The van der Waals surface area contributed by atoms with E-state index < -0.39 is 23.6 Å². The lowest BCUT2D eigenvalue weighted by atomic mass is 10.1. The maximum atomic E-state index is 14.2. The maximum absolute atomic E-state index is 14.2. The van der Waals surface area contributed by atoms with Crippen molar-refractivity contribution >= 4 is 11.6 Å². The summed E-state index contributed by atoms with van der Waals surface area (Å²) in [5.41, 5.74) is 0.458. The first-order valence-corrected chi connectivity index (χ1v) is 7.85. The van der Waals surface area contributed by atoms with Crippen molar-refractivity contribution in [2.45, 2.75) is 12.6 Å². The molecule has 1 heterocycles. The number of anilines is 1. The van der Waals surface area contributed by atoms with Crippen LogP contribution in [0.15, 0.2) is 61.2 Å². The predicted octanol–water partition coefficient (Wildman–Crippen LogP) is 2.32. The average Bonchev–Trinajstić information content (AvgIpc) is 3.14.